The van der Waals surface area contributed by atoms with Crippen LogP contribution in [-0.4, -0.2) is 46.6 Å². The molecule has 1 aromatic heterocycles. The first-order chi connectivity index (χ1) is 10.4. The van der Waals surface area contributed by atoms with E-state index in [1.807, 2.05) is 0 Å². The molecule has 0 fully saturated rings. The first-order valence-electron chi connectivity index (χ1n) is 5.56. The van der Waals surface area contributed by atoms with E-state index in [4.69, 9.17) is 10.3 Å². The van der Waals surface area contributed by atoms with Crippen molar-refractivity contribution in [3.8, 4) is 0 Å². The summed E-state index contributed by atoms with van der Waals surface area (Å²) < 4.78 is 90.5. The van der Waals surface area contributed by atoms with Crippen molar-refractivity contribution in [1.29, 1.82) is 0 Å². The van der Waals surface area contributed by atoms with Gasteiger partial charge in [-0.3, -0.25) is 9.11 Å². The smallest absolute Gasteiger partial charge is 0.294 e. The normalized spacial score (nSPS) is 25.3. The fourth-order valence-corrected chi connectivity index (χ4v) is 3.53. The van der Waals surface area contributed by atoms with Crippen molar-refractivity contribution in [3.05, 3.63) is 40.6 Å². The number of hydrogen-bond donors (Lipinski definition) is 3. The van der Waals surface area contributed by atoms with Gasteiger partial charge in [-0.1, -0.05) is 11.2 Å². The zero-order valence-electron chi connectivity index (χ0n) is 10.8. The number of allylic oxidation sites excluding steroid dienone is 1. The Hall–Kier alpha value is -1.87. The second-order valence-corrected chi connectivity index (χ2v) is 7.45. The van der Waals surface area contributed by atoms with Gasteiger partial charge in [0.05, 0.1) is 4.91 Å². The maximum Gasteiger partial charge on any atom is 0.294 e. The largest absolute Gasteiger partial charge is 0.315 e. The molecule has 0 saturated carbocycles. The minimum absolute atomic E-state index is 0.410. The van der Waals surface area contributed by atoms with Gasteiger partial charge in [0.15, 0.2) is 0 Å². The molecule has 2 unspecified atom stereocenters. The van der Waals surface area contributed by atoms with Crippen LogP contribution in [0.2, 0.25) is 0 Å². The molecule has 2 rings (SSSR count). The van der Waals surface area contributed by atoms with Crippen molar-refractivity contribution < 1.29 is 34.7 Å². The monoisotopic (exact) mass is 370 g/mol. The molecule has 1 aliphatic carbocycles. The molecule has 1 aromatic rings. The van der Waals surface area contributed by atoms with Gasteiger partial charge in [-0.25, -0.2) is 0 Å². The molecule has 0 spiro atoms. The van der Waals surface area contributed by atoms with Gasteiger partial charge in [0.2, 0.25) is 5.82 Å². The summed E-state index contributed by atoms with van der Waals surface area (Å²) in [6.45, 7) is 0. The molecule has 10 nitrogen and oxygen atoms in total. The highest BCUT2D eigenvalue weighted by atomic mass is 32.2. The maximum absolute atomic E-state index is 13.9. The molecule has 14 heteroatoms. The zero-order valence-corrected chi connectivity index (χ0v) is 12.5. The van der Waals surface area contributed by atoms with Crippen LogP contribution >= 0.6 is 0 Å². The van der Waals surface area contributed by atoms with Gasteiger partial charge >= 0.3 is 0 Å². The number of hydrogen-bond acceptors (Lipinski definition) is 8. The first-order valence-corrected chi connectivity index (χ1v) is 8.50. The van der Waals surface area contributed by atoms with E-state index in [1.165, 1.54) is 0 Å². The van der Waals surface area contributed by atoms with E-state index < -0.39 is 53.4 Å². The molecule has 4 N–H and O–H groups in total. The third-order valence-electron chi connectivity index (χ3n) is 2.98. The molecule has 1 aliphatic rings. The molecule has 0 amide bonds. The summed E-state index contributed by atoms with van der Waals surface area (Å²) in [6.07, 6.45) is 1.62. The second kappa shape index (κ2) is 5.34. The number of nitrogens with zero attached hydrogens (tertiary/aromatic N) is 3. The summed E-state index contributed by atoms with van der Waals surface area (Å²) in [7, 11) is -9.85. The Balaban J connectivity index is 2.81. The van der Waals surface area contributed by atoms with Crippen LogP contribution in [0, 0.1) is 11.8 Å². The molecule has 0 aromatic carbocycles. The maximum atomic E-state index is 13.9. The lowest BCUT2D eigenvalue weighted by Crippen LogP contribution is -2.52. The van der Waals surface area contributed by atoms with Crippen LogP contribution in [-0.2, 0) is 25.8 Å². The first kappa shape index (κ1) is 17.5. The summed E-state index contributed by atoms with van der Waals surface area (Å²) in [5.74, 6) is -3.57. The highest BCUT2D eigenvalue weighted by molar-refractivity contribution is 7.90. The number of halogens is 2. The van der Waals surface area contributed by atoms with E-state index in [-0.39, 0.29) is 0 Å². The van der Waals surface area contributed by atoms with Crippen molar-refractivity contribution in [2.75, 3.05) is 0 Å². The Morgan fingerprint density at radius 1 is 1.17 bits per heavy atom. The third-order valence-corrected chi connectivity index (χ3v) is 5.02. The number of aromatic nitrogens is 3. The second-order valence-electron chi connectivity index (χ2n) is 4.49. The fraction of sp³-hybridized carbons (Fsp3) is 0.222. The molecule has 0 aliphatic heterocycles. The SMILES string of the molecule is NC1(c2nnnc(F)c2F)C=C(S(=O)(=O)O)C=CC1S(=O)(=O)O. The van der Waals surface area contributed by atoms with Gasteiger partial charge < -0.3 is 5.73 Å². The van der Waals surface area contributed by atoms with Crippen molar-refractivity contribution >= 4 is 20.2 Å². The standard InChI is InChI=1S/C9H8F2N4O6S2/c10-6-7(13-15-14-8(6)11)9(12)3-4(22(16,17)18)1-2-5(9)23(19,20)21/h1-3,5H,12H2,(H,16,17,18)(H,19,20,21). The topological polar surface area (TPSA) is 173 Å². The summed E-state index contributed by atoms with van der Waals surface area (Å²) in [4.78, 5) is -0.904. The van der Waals surface area contributed by atoms with Crippen molar-refractivity contribution in [1.82, 2.24) is 15.4 Å². The average molecular weight is 370 g/mol. The predicted octanol–water partition coefficient (Wildman–Crippen LogP) is -1.10. The summed E-state index contributed by atoms with van der Waals surface area (Å²) in [6, 6.07) is 0. The van der Waals surface area contributed by atoms with Gasteiger partial charge in [-0.05, 0) is 17.4 Å². The van der Waals surface area contributed by atoms with Gasteiger partial charge in [0, 0.05) is 0 Å². The average Bonchev–Trinajstić information content (AvgIpc) is 2.39. The van der Waals surface area contributed by atoms with Gasteiger partial charge in [-0.15, -0.1) is 5.10 Å². The van der Waals surface area contributed by atoms with E-state index in [0.717, 1.165) is 0 Å². The molecular formula is C9H8F2N4O6S2. The molecule has 126 valence electrons. The Bertz CT molecular complexity index is 929. The lowest BCUT2D eigenvalue weighted by atomic mass is 9.88. The lowest BCUT2D eigenvalue weighted by molar-refractivity contribution is 0.390. The fourth-order valence-electron chi connectivity index (χ4n) is 1.98. The van der Waals surface area contributed by atoms with Crippen LogP contribution in [0.3, 0.4) is 0 Å². The van der Waals surface area contributed by atoms with Gasteiger partial charge in [-0.2, -0.15) is 25.6 Å². The Morgan fingerprint density at radius 2 is 1.78 bits per heavy atom. The van der Waals surface area contributed by atoms with Crippen LogP contribution in [0.25, 0.3) is 0 Å². The molecule has 1 heterocycles. The van der Waals surface area contributed by atoms with Crippen LogP contribution < -0.4 is 5.73 Å². The minimum Gasteiger partial charge on any atom is -0.315 e. The third kappa shape index (κ3) is 3.11. The van der Waals surface area contributed by atoms with Crippen molar-refractivity contribution in [2.45, 2.75) is 10.8 Å². The zero-order chi connectivity index (χ0) is 17.6. The lowest BCUT2D eigenvalue weighted by Gasteiger charge is -2.32. The van der Waals surface area contributed by atoms with E-state index in [2.05, 4.69) is 15.4 Å². The van der Waals surface area contributed by atoms with E-state index in [0.29, 0.717) is 18.2 Å². The van der Waals surface area contributed by atoms with Crippen LogP contribution in [0.5, 0.6) is 0 Å². The minimum atomic E-state index is -4.99. The Morgan fingerprint density at radius 3 is 2.30 bits per heavy atom. The van der Waals surface area contributed by atoms with Crippen molar-refractivity contribution in [3.63, 3.8) is 0 Å². The highest BCUT2D eigenvalue weighted by Gasteiger charge is 2.48. The van der Waals surface area contributed by atoms with Crippen molar-refractivity contribution in [2.24, 2.45) is 5.73 Å². The van der Waals surface area contributed by atoms with Gasteiger partial charge in [0.1, 0.15) is 16.5 Å². The van der Waals surface area contributed by atoms with Crippen LogP contribution in [0.4, 0.5) is 8.78 Å². The number of nitrogens with two attached hydrogens (primary N) is 1. The Kier molecular flexibility index (Phi) is 4.06. The molecule has 0 radical (unpaired) electrons. The summed E-state index contributed by atoms with van der Waals surface area (Å²) >= 11 is 0. The molecule has 2 atom stereocenters. The van der Waals surface area contributed by atoms with Crippen LogP contribution in [0.1, 0.15) is 5.69 Å². The predicted molar refractivity (Wildman–Crippen MR) is 69.7 cm³/mol. The quantitative estimate of drug-likeness (QED) is 0.554. The van der Waals surface area contributed by atoms with Crippen LogP contribution in [0.15, 0.2) is 23.1 Å². The molecular weight excluding hydrogens is 362 g/mol. The molecule has 0 saturated heterocycles. The highest BCUT2D eigenvalue weighted by Crippen LogP contribution is 2.35. The van der Waals surface area contributed by atoms with E-state index in [9.17, 15) is 30.2 Å². The molecule has 0 bridgehead atoms. The van der Waals surface area contributed by atoms with Gasteiger partial charge in [0.25, 0.3) is 26.2 Å². The number of rotatable bonds is 3. The summed E-state index contributed by atoms with van der Waals surface area (Å²) in [5, 5.41) is 6.44. The molecule has 23 heavy (non-hydrogen) atoms. The summed E-state index contributed by atoms with van der Waals surface area (Å²) in [5.41, 5.74) is 1.89. The van der Waals surface area contributed by atoms with E-state index >= 15 is 0 Å². The van der Waals surface area contributed by atoms with E-state index in [1.54, 1.807) is 0 Å². The Labute approximate surface area is 128 Å².